The summed E-state index contributed by atoms with van der Waals surface area (Å²) in [6.07, 6.45) is 5.33. The van der Waals surface area contributed by atoms with E-state index in [-0.39, 0.29) is 6.61 Å². The molecule has 0 bridgehead atoms. The highest BCUT2D eigenvalue weighted by Crippen LogP contribution is 2.12. The Labute approximate surface area is 107 Å². The second kappa shape index (κ2) is 6.17. The number of aliphatic hydroxyl groups excluding tert-OH is 1. The summed E-state index contributed by atoms with van der Waals surface area (Å²) in [4.78, 5) is 4.16. The van der Waals surface area contributed by atoms with Crippen LogP contribution in [0.2, 0.25) is 0 Å². The molecule has 0 saturated heterocycles. The number of aryl methyl sites for hydroxylation is 1. The van der Waals surface area contributed by atoms with Crippen LogP contribution >= 0.6 is 0 Å². The van der Waals surface area contributed by atoms with E-state index in [1.54, 1.807) is 0 Å². The minimum absolute atomic E-state index is 0.0671. The van der Waals surface area contributed by atoms with Crippen molar-refractivity contribution < 1.29 is 9.52 Å². The molecule has 0 saturated carbocycles. The molecular formula is C15H17NO2. The number of benzene rings is 1. The Hall–Kier alpha value is -1.87. The molecule has 1 heterocycles. The minimum Gasteiger partial charge on any atom is -0.449 e. The van der Waals surface area contributed by atoms with Crippen LogP contribution in [0.25, 0.3) is 6.08 Å². The van der Waals surface area contributed by atoms with Gasteiger partial charge in [0.05, 0.1) is 6.61 Å². The maximum Gasteiger partial charge on any atom is 0.194 e. The first-order valence-corrected chi connectivity index (χ1v) is 6.04. The molecule has 1 aromatic heterocycles. The van der Waals surface area contributed by atoms with Crippen molar-refractivity contribution >= 4 is 6.08 Å². The first kappa shape index (κ1) is 12.6. The van der Waals surface area contributed by atoms with Crippen molar-refractivity contribution in [1.82, 2.24) is 4.98 Å². The predicted octanol–water partition coefficient (Wildman–Crippen LogP) is 3.20. The largest absolute Gasteiger partial charge is 0.449 e. The van der Waals surface area contributed by atoms with Gasteiger partial charge >= 0.3 is 0 Å². The Morgan fingerprint density at radius 1 is 1.33 bits per heavy atom. The lowest BCUT2D eigenvalue weighted by Gasteiger charge is -1.99. The van der Waals surface area contributed by atoms with Gasteiger partial charge in [-0.05, 0) is 18.9 Å². The molecule has 1 aromatic carbocycles. The fourth-order valence-electron chi connectivity index (χ4n) is 1.75. The number of hydrogen-bond acceptors (Lipinski definition) is 3. The van der Waals surface area contributed by atoms with Gasteiger partial charge in [-0.2, -0.15) is 0 Å². The predicted molar refractivity (Wildman–Crippen MR) is 70.8 cm³/mol. The zero-order chi connectivity index (χ0) is 12.8. The molecule has 3 nitrogen and oxygen atoms in total. The summed E-state index contributed by atoms with van der Waals surface area (Å²) in [6, 6.07) is 10.2. The van der Waals surface area contributed by atoms with Gasteiger partial charge in [0.25, 0.3) is 0 Å². The van der Waals surface area contributed by atoms with Gasteiger partial charge in [-0.3, -0.25) is 0 Å². The van der Waals surface area contributed by atoms with Crippen LogP contribution in [0.5, 0.6) is 0 Å². The third kappa shape index (κ3) is 3.57. The first-order valence-electron chi connectivity index (χ1n) is 6.04. The molecule has 3 heteroatoms. The van der Waals surface area contributed by atoms with E-state index in [0.717, 1.165) is 12.8 Å². The standard InChI is InChI=1S/C15H17NO2/c1-12(9-13-5-3-2-4-6-13)7-8-15-16-14(10-17)11-18-15/h2-6,9,11,17H,7-8,10H2,1H3/b12-9+. The highest BCUT2D eigenvalue weighted by atomic mass is 16.3. The van der Waals surface area contributed by atoms with Gasteiger partial charge in [0, 0.05) is 6.42 Å². The smallest absolute Gasteiger partial charge is 0.194 e. The number of aromatic nitrogens is 1. The lowest BCUT2D eigenvalue weighted by atomic mass is 10.1. The topological polar surface area (TPSA) is 46.3 Å². The van der Waals surface area contributed by atoms with Crippen LogP contribution in [0.1, 0.15) is 30.5 Å². The van der Waals surface area contributed by atoms with E-state index in [0.29, 0.717) is 11.6 Å². The number of hydrogen-bond donors (Lipinski definition) is 1. The van der Waals surface area contributed by atoms with Crippen LogP contribution < -0.4 is 0 Å². The summed E-state index contributed by atoms with van der Waals surface area (Å²) in [6.45, 7) is 2.03. The zero-order valence-electron chi connectivity index (χ0n) is 10.5. The first-order chi connectivity index (χ1) is 8.78. The van der Waals surface area contributed by atoms with Gasteiger partial charge in [0.1, 0.15) is 12.0 Å². The number of rotatable bonds is 5. The van der Waals surface area contributed by atoms with E-state index >= 15 is 0 Å². The molecule has 0 atom stereocenters. The summed E-state index contributed by atoms with van der Waals surface area (Å²) in [5.74, 6) is 0.680. The summed E-state index contributed by atoms with van der Waals surface area (Å²) in [5.41, 5.74) is 3.08. The van der Waals surface area contributed by atoms with Crippen LogP contribution in [-0.4, -0.2) is 10.1 Å². The van der Waals surface area contributed by atoms with Gasteiger partial charge < -0.3 is 9.52 Å². The molecular weight excluding hydrogens is 226 g/mol. The van der Waals surface area contributed by atoms with E-state index in [2.05, 4.69) is 30.1 Å². The monoisotopic (exact) mass is 243 g/mol. The fourth-order valence-corrected chi connectivity index (χ4v) is 1.75. The summed E-state index contributed by atoms with van der Waals surface area (Å²) in [5, 5.41) is 8.89. The highest BCUT2D eigenvalue weighted by molar-refractivity contribution is 5.51. The Bertz CT molecular complexity index is 514. The number of oxazole rings is 1. The maximum atomic E-state index is 8.89. The molecule has 0 amide bonds. The van der Waals surface area contributed by atoms with Crippen molar-refractivity contribution in [2.24, 2.45) is 0 Å². The second-order valence-electron chi connectivity index (χ2n) is 4.29. The van der Waals surface area contributed by atoms with Crippen LogP contribution in [0.15, 0.2) is 46.6 Å². The average molecular weight is 243 g/mol. The second-order valence-corrected chi connectivity index (χ2v) is 4.29. The van der Waals surface area contributed by atoms with Crippen molar-refractivity contribution in [2.75, 3.05) is 0 Å². The van der Waals surface area contributed by atoms with Crippen LogP contribution in [0, 0.1) is 0 Å². The lowest BCUT2D eigenvalue weighted by Crippen LogP contribution is -1.89. The Morgan fingerprint density at radius 3 is 2.78 bits per heavy atom. The Morgan fingerprint density at radius 2 is 2.11 bits per heavy atom. The van der Waals surface area contributed by atoms with Gasteiger partial charge in [0.15, 0.2) is 5.89 Å². The van der Waals surface area contributed by atoms with Gasteiger partial charge in [0.2, 0.25) is 0 Å². The summed E-state index contributed by atoms with van der Waals surface area (Å²) >= 11 is 0. The molecule has 0 aliphatic heterocycles. The van der Waals surface area contributed by atoms with Crippen LogP contribution in [0.4, 0.5) is 0 Å². The molecule has 0 aliphatic carbocycles. The normalized spacial score (nSPS) is 11.8. The quantitative estimate of drug-likeness (QED) is 0.877. The van der Waals surface area contributed by atoms with Gasteiger partial charge in [-0.1, -0.05) is 42.0 Å². The SMILES string of the molecule is C/C(=C\c1ccccc1)CCc1nc(CO)co1. The van der Waals surface area contributed by atoms with Crippen molar-refractivity contribution in [3.05, 3.63) is 59.3 Å². The lowest BCUT2D eigenvalue weighted by molar-refractivity contribution is 0.276. The maximum absolute atomic E-state index is 8.89. The molecule has 0 unspecified atom stereocenters. The molecule has 0 aliphatic rings. The van der Waals surface area contributed by atoms with E-state index in [1.165, 1.54) is 17.4 Å². The van der Waals surface area contributed by atoms with Gasteiger partial charge in [-0.25, -0.2) is 4.98 Å². The number of nitrogens with zero attached hydrogens (tertiary/aromatic N) is 1. The van der Waals surface area contributed by atoms with Crippen molar-refractivity contribution in [3.8, 4) is 0 Å². The molecule has 0 radical (unpaired) electrons. The molecule has 2 aromatic rings. The van der Waals surface area contributed by atoms with E-state index in [1.807, 2.05) is 18.2 Å². The van der Waals surface area contributed by atoms with Crippen LogP contribution in [0.3, 0.4) is 0 Å². The van der Waals surface area contributed by atoms with E-state index < -0.39 is 0 Å². The van der Waals surface area contributed by atoms with Crippen LogP contribution in [-0.2, 0) is 13.0 Å². The zero-order valence-corrected chi connectivity index (χ0v) is 10.5. The number of allylic oxidation sites excluding steroid dienone is 1. The minimum atomic E-state index is -0.0671. The molecule has 94 valence electrons. The Balaban J connectivity index is 1.92. The third-order valence-corrected chi connectivity index (χ3v) is 2.71. The highest BCUT2D eigenvalue weighted by Gasteiger charge is 2.03. The van der Waals surface area contributed by atoms with Crippen molar-refractivity contribution in [2.45, 2.75) is 26.4 Å². The molecule has 18 heavy (non-hydrogen) atoms. The van der Waals surface area contributed by atoms with E-state index in [9.17, 15) is 0 Å². The molecule has 0 fully saturated rings. The van der Waals surface area contributed by atoms with Crippen molar-refractivity contribution in [1.29, 1.82) is 0 Å². The average Bonchev–Trinajstić information content (AvgIpc) is 2.85. The summed E-state index contributed by atoms with van der Waals surface area (Å²) < 4.78 is 5.26. The molecule has 2 rings (SSSR count). The van der Waals surface area contributed by atoms with Crippen molar-refractivity contribution in [3.63, 3.8) is 0 Å². The fraction of sp³-hybridized carbons (Fsp3) is 0.267. The number of aliphatic hydroxyl groups is 1. The molecule has 1 N–H and O–H groups in total. The molecule has 0 spiro atoms. The van der Waals surface area contributed by atoms with Gasteiger partial charge in [-0.15, -0.1) is 0 Å². The van der Waals surface area contributed by atoms with E-state index in [4.69, 9.17) is 9.52 Å². The third-order valence-electron chi connectivity index (χ3n) is 2.71. The summed E-state index contributed by atoms with van der Waals surface area (Å²) in [7, 11) is 0. The Kier molecular flexibility index (Phi) is 4.31.